The zero-order chi connectivity index (χ0) is 17.0. The molecule has 0 aliphatic rings. The fourth-order valence-electron chi connectivity index (χ4n) is 2.72. The molecule has 0 radical (unpaired) electrons. The van der Waals surface area contributed by atoms with Crippen molar-refractivity contribution in [2.45, 2.75) is 26.7 Å². The van der Waals surface area contributed by atoms with Crippen LogP contribution in [0.5, 0.6) is 0 Å². The number of carboxylic acid groups (broad SMARTS) is 2. The summed E-state index contributed by atoms with van der Waals surface area (Å²) in [6.45, 7) is 3.33. The zero-order valence-electron chi connectivity index (χ0n) is 13.1. The summed E-state index contributed by atoms with van der Waals surface area (Å²) < 4.78 is 0. The van der Waals surface area contributed by atoms with E-state index in [0.717, 1.165) is 10.8 Å². The van der Waals surface area contributed by atoms with E-state index in [1.165, 1.54) is 0 Å². The lowest BCUT2D eigenvalue weighted by atomic mass is 9.77. The Labute approximate surface area is 134 Å². The summed E-state index contributed by atoms with van der Waals surface area (Å²) in [6.07, 6.45) is 0.328. The van der Waals surface area contributed by atoms with Crippen LogP contribution in [0, 0.1) is 5.41 Å². The van der Waals surface area contributed by atoms with Gasteiger partial charge in [-0.2, -0.15) is 0 Å². The van der Waals surface area contributed by atoms with Crippen molar-refractivity contribution in [3.8, 4) is 0 Å². The molecule has 0 saturated carbocycles. The molecule has 0 amide bonds. The van der Waals surface area contributed by atoms with Crippen LogP contribution >= 0.6 is 0 Å². The van der Waals surface area contributed by atoms with Crippen molar-refractivity contribution in [1.82, 2.24) is 0 Å². The fraction of sp³-hybridized carbons (Fsp3) is 0.278. The van der Waals surface area contributed by atoms with Crippen LogP contribution in [0.1, 0.15) is 26.7 Å². The van der Waals surface area contributed by atoms with E-state index in [1.807, 2.05) is 30.3 Å². The Bertz CT molecular complexity index is 775. The van der Waals surface area contributed by atoms with E-state index in [4.69, 9.17) is 0 Å². The van der Waals surface area contributed by atoms with Crippen molar-refractivity contribution < 1.29 is 19.8 Å². The second kappa shape index (κ2) is 6.60. The van der Waals surface area contributed by atoms with Crippen LogP contribution in [0.25, 0.3) is 10.8 Å². The van der Waals surface area contributed by atoms with E-state index in [2.05, 4.69) is 4.99 Å². The lowest BCUT2D eigenvalue weighted by Crippen LogP contribution is -2.42. The van der Waals surface area contributed by atoms with Crippen molar-refractivity contribution in [2.75, 3.05) is 0 Å². The summed E-state index contributed by atoms with van der Waals surface area (Å²) in [5, 5.41) is 21.0. The van der Waals surface area contributed by atoms with Crippen LogP contribution < -0.4 is 0 Å². The van der Waals surface area contributed by atoms with Crippen LogP contribution in [0.3, 0.4) is 0 Å². The van der Waals surface area contributed by atoms with E-state index in [9.17, 15) is 19.8 Å². The lowest BCUT2D eigenvalue weighted by Gasteiger charge is -2.26. The van der Waals surface area contributed by atoms with Gasteiger partial charge in [0.1, 0.15) is 11.1 Å². The number of hydrogen-bond acceptors (Lipinski definition) is 3. The number of rotatable bonds is 6. The highest BCUT2D eigenvalue weighted by Crippen LogP contribution is 2.32. The van der Waals surface area contributed by atoms with Crippen LogP contribution in [-0.2, 0) is 9.59 Å². The Hall–Kier alpha value is -2.69. The molecule has 0 spiro atoms. The molecular weight excluding hydrogens is 294 g/mol. The first kappa shape index (κ1) is 16.7. The van der Waals surface area contributed by atoms with E-state index in [0.29, 0.717) is 5.69 Å². The van der Waals surface area contributed by atoms with Gasteiger partial charge in [-0.1, -0.05) is 44.2 Å². The largest absolute Gasteiger partial charge is 0.481 e. The molecule has 0 aliphatic carbocycles. The van der Waals surface area contributed by atoms with Crippen molar-refractivity contribution in [3.63, 3.8) is 0 Å². The van der Waals surface area contributed by atoms with E-state index in [1.54, 1.807) is 26.0 Å². The van der Waals surface area contributed by atoms with Crippen LogP contribution in [0.4, 0.5) is 5.69 Å². The second-order valence-electron chi connectivity index (χ2n) is 5.39. The number of aliphatic imine (C=N–C) groups is 1. The van der Waals surface area contributed by atoms with Gasteiger partial charge in [0.05, 0.1) is 5.69 Å². The van der Waals surface area contributed by atoms with Gasteiger partial charge in [0, 0.05) is 0 Å². The van der Waals surface area contributed by atoms with Crippen LogP contribution in [0.2, 0.25) is 0 Å². The third kappa shape index (κ3) is 3.08. The SMILES string of the molecule is CCC(CC)(C(=O)O)/C(=N\c1ccc2ccccc2c1)C(=O)O. The summed E-state index contributed by atoms with van der Waals surface area (Å²) in [7, 11) is 0. The van der Waals surface area contributed by atoms with Crippen LogP contribution in [0.15, 0.2) is 47.5 Å². The molecule has 5 nitrogen and oxygen atoms in total. The van der Waals surface area contributed by atoms with E-state index < -0.39 is 17.4 Å². The predicted molar refractivity (Wildman–Crippen MR) is 89.3 cm³/mol. The zero-order valence-corrected chi connectivity index (χ0v) is 13.1. The Morgan fingerprint density at radius 3 is 2.13 bits per heavy atom. The molecular formula is C18H19NO4. The summed E-state index contributed by atoms with van der Waals surface area (Å²) in [5.74, 6) is -2.46. The van der Waals surface area contributed by atoms with Crippen molar-refractivity contribution in [2.24, 2.45) is 10.4 Å². The maximum absolute atomic E-state index is 11.7. The molecule has 0 saturated heterocycles. The topological polar surface area (TPSA) is 87.0 Å². The minimum atomic E-state index is -1.49. The van der Waals surface area contributed by atoms with Crippen molar-refractivity contribution in [3.05, 3.63) is 42.5 Å². The maximum atomic E-state index is 11.7. The predicted octanol–water partition coefficient (Wildman–Crippen LogP) is 3.89. The molecule has 0 atom stereocenters. The normalized spacial score (nSPS) is 12.3. The van der Waals surface area contributed by atoms with Gasteiger partial charge in [-0.15, -0.1) is 0 Å². The summed E-state index contributed by atoms with van der Waals surface area (Å²) >= 11 is 0. The molecule has 120 valence electrons. The Balaban J connectivity index is 2.61. The first-order valence-electron chi connectivity index (χ1n) is 7.49. The second-order valence-corrected chi connectivity index (χ2v) is 5.39. The fourth-order valence-corrected chi connectivity index (χ4v) is 2.72. The van der Waals surface area contributed by atoms with Crippen molar-refractivity contribution >= 4 is 34.1 Å². The molecule has 0 bridgehead atoms. The first-order chi connectivity index (χ1) is 10.9. The lowest BCUT2D eigenvalue weighted by molar-refractivity contribution is -0.146. The van der Waals surface area contributed by atoms with Gasteiger partial charge in [0.15, 0.2) is 0 Å². The minimum absolute atomic E-state index is 0.164. The summed E-state index contributed by atoms with van der Waals surface area (Å²) in [5.41, 5.74) is -1.38. The Kier molecular flexibility index (Phi) is 4.79. The third-order valence-electron chi connectivity index (χ3n) is 4.25. The Morgan fingerprint density at radius 1 is 1.00 bits per heavy atom. The van der Waals surface area contributed by atoms with Gasteiger partial charge in [-0.25, -0.2) is 9.79 Å². The van der Waals surface area contributed by atoms with E-state index in [-0.39, 0.29) is 18.6 Å². The molecule has 0 unspecified atom stereocenters. The number of carbonyl (C=O) groups is 2. The number of nitrogens with zero attached hydrogens (tertiary/aromatic N) is 1. The number of carboxylic acids is 2. The van der Waals surface area contributed by atoms with Crippen molar-refractivity contribution in [1.29, 1.82) is 0 Å². The Morgan fingerprint density at radius 2 is 1.61 bits per heavy atom. The number of benzene rings is 2. The minimum Gasteiger partial charge on any atom is -0.481 e. The number of aliphatic carboxylic acids is 2. The molecule has 0 fully saturated rings. The molecule has 2 N–H and O–H groups in total. The number of hydrogen-bond donors (Lipinski definition) is 2. The number of fused-ring (bicyclic) bond motifs is 1. The average Bonchev–Trinajstić information content (AvgIpc) is 2.54. The van der Waals surface area contributed by atoms with Gasteiger partial charge in [-0.05, 0) is 35.7 Å². The molecule has 2 aromatic rings. The monoisotopic (exact) mass is 313 g/mol. The van der Waals surface area contributed by atoms with Crippen LogP contribution in [-0.4, -0.2) is 27.9 Å². The van der Waals surface area contributed by atoms with Gasteiger partial charge in [-0.3, -0.25) is 4.79 Å². The standard InChI is InChI=1S/C18H19NO4/c1-3-18(4-2,17(22)23)15(16(20)21)19-14-10-9-12-7-5-6-8-13(12)11-14/h5-11H,3-4H2,1-2H3,(H,20,21)(H,22,23)/b19-15-. The van der Waals surface area contributed by atoms with E-state index >= 15 is 0 Å². The molecule has 5 heteroatoms. The smallest absolute Gasteiger partial charge is 0.351 e. The van der Waals surface area contributed by atoms with Gasteiger partial charge >= 0.3 is 11.9 Å². The molecule has 0 heterocycles. The highest BCUT2D eigenvalue weighted by Gasteiger charge is 2.44. The van der Waals surface area contributed by atoms with Gasteiger partial charge < -0.3 is 10.2 Å². The summed E-state index contributed by atoms with van der Waals surface area (Å²) in [6, 6.07) is 12.9. The highest BCUT2D eigenvalue weighted by molar-refractivity contribution is 6.42. The molecule has 0 aliphatic heterocycles. The van der Waals surface area contributed by atoms with Gasteiger partial charge in [0.2, 0.25) is 0 Å². The maximum Gasteiger partial charge on any atom is 0.351 e. The third-order valence-corrected chi connectivity index (χ3v) is 4.25. The molecule has 23 heavy (non-hydrogen) atoms. The van der Waals surface area contributed by atoms with Gasteiger partial charge in [0.25, 0.3) is 0 Å². The molecule has 2 aromatic carbocycles. The average molecular weight is 313 g/mol. The quantitative estimate of drug-likeness (QED) is 0.792. The molecule has 0 aromatic heterocycles. The highest BCUT2D eigenvalue weighted by atomic mass is 16.4. The first-order valence-corrected chi connectivity index (χ1v) is 7.49. The molecule has 2 rings (SSSR count). The summed E-state index contributed by atoms with van der Waals surface area (Å²) in [4.78, 5) is 27.5.